The van der Waals surface area contributed by atoms with Gasteiger partial charge in [0.25, 0.3) is 0 Å². The van der Waals surface area contributed by atoms with E-state index >= 15 is 0 Å². The lowest BCUT2D eigenvalue weighted by atomic mass is 10.2. The molecule has 7 nitrogen and oxygen atoms in total. The molecule has 0 aliphatic carbocycles. The van der Waals surface area contributed by atoms with Gasteiger partial charge in [0.2, 0.25) is 0 Å². The topological polar surface area (TPSA) is 79.0 Å². The van der Waals surface area contributed by atoms with Gasteiger partial charge in [-0.3, -0.25) is 0 Å². The number of H-pyrrole nitrogens is 1. The fraction of sp³-hybridized carbons (Fsp3) is 0.190. The molecule has 0 amide bonds. The van der Waals surface area contributed by atoms with Crippen LogP contribution >= 0.6 is 0 Å². The first kappa shape index (κ1) is 16.7. The van der Waals surface area contributed by atoms with Gasteiger partial charge in [0.1, 0.15) is 5.52 Å². The minimum atomic E-state index is 0.640. The lowest BCUT2D eigenvalue weighted by Gasteiger charge is -2.28. The molecular weight excluding hydrogens is 352 g/mol. The molecule has 0 spiro atoms. The van der Waals surface area contributed by atoms with Crippen LogP contribution in [0.15, 0.2) is 60.9 Å². The summed E-state index contributed by atoms with van der Waals surface area (Å²) in [6, 6.07) is 18.3. The van der Waals surface area contributed by atoms with E-state index in [1.807, 2.05) is 30.3 Å². The zero-order valence-electron chi connectivity index (χ0n) is 15.3. The fourth-order valence-electron chi connectivity index (χ4n) is 3.35. The predicted molar refractivity (Wildman–Crippen MR) is 110 cm³/mol. The molecule has 0 unspecified atom stereocenters. The number of nitrogens with zero attached hydrogens (tertiary/aromatic N) is 4. The van der Waals surface area contributed by atoms with E-state index in [1.165, 1.54) is 5.69 Å². The number of anilines is 3. The van der Waals surface area contributed by atoms with Crippen LogP contribution in [0, 0.1) is 0 Å². The van der Waals surface area contributed by atoms with Crippen LogP contribution in [0.1, 0.15) is 0 Å². The molecule has 2 aromatic heterocycles. The molecule has 0 bridgehead atoms. The highest BCUT2D eigenvalue weighted by atomic mass is 16.5. The van der Waals surface area contributed by atoms with Crippen molar-refractivity contribution in [1.82, 2.24) is 19.9 Å². The first-order valence-corrected chi connectivity index (χ1v) is 9.33. The third kappa shape index (κ3) is 3.27. The molecule has 1 saturated heterocycles. The smallest absolute Gasteiger partial charge is 0.183 e. The number of fused-ring (bicyclic) bond motifs is 1. The number of rotatable bonds is 4. The highest BCUT2D eigenvalue weighted by molar-refractivity contribution is 5.86. The van der Waals surface area contributed by atoms with Crippen molar-refractivity contribution in [3.8, 4) is 11.4 Å². The Morgan fingerprint density at radius 1 is 0.929 bits per heavy atom. The number of aromatic nitrogens is 4. The van der Waals surface area contributed by atoms with Crippen molar-refractivity contribution in [2.45, 2.75) is 0 Å². The molecule has 0 radical (unpaired) electrons. The van der Waals surface area contributed by atoms with Crippen molar-refractivity contribution in [1.29, 1.82) is 0 Å². The second kappa shape index (κ2) is 7.28. The zero-order chi connectivity index (χ0) is 18.8. The fourth-order valence-corrected chi connectivity index (χ4v) is 3.35. The van der Waals surface area contributed by atoms with E-state index in [0.717, 1.165) is 43.1 Å². The lowest BCUT2D eigenvalue weighted by molar-refractivity contribution is 0.122. The predicted octanol–water partition coefficient (Wildman–Crippen LogP) is 3.60. The largest absolute Gasteiger partial charge is 0.378 e. The SMILES string of the molecule is c1ccc(-c2nc(Nc3ccc(N4CCOCC4)cc3)c3[nH]cnc3n2)cc1. The first-order valence-electron chi connectivity index (χ1n) is 9.33. The summed E-state index contributed by atoms with van der Waals surface area (Å²) < 4.78 is 5.43. The molecule has 28 heavy (non-hydrogen) atoms. The van der Waals surface area contributed by atoms with E-state index in [1.54, 1.807) is 6.33 Å². The van der Waals surface area contributed by atoms with Crippen LogP contribution < -0.4 is 10.2 Å². The number of nitrogens with one attached hydrogen (secondary N) is 2. The van der Waals surface area contributed by atoms with Gasteiger partial charge in [0.15, 0.2) is 17.3 Å². The van der Waals surface area contributed by atoms with Gasteiger partial charge in [-0.15, -0.1) is 0 Å². The molecule has 2 aromatic carbocycles. The summed E-state index contributed by atoms with van der Waals surface area (Å²) in [6.07, 6.45) is 1.64. The zero-order valence-corrected chi connectivity index (χ0v) is 15.3. The van der Waals surface area contributed by atoms with E-state index < -0.39 is 0 Å². The number of hydrogen-bond acceptors (Lipinski definition) is 6. The quantitative estimate of drug-likeness (QED) is 0.570. The standard InChI is InChI=1S/C21H20N6O/c1-2-4-15(5-3-1)19-25-20-18(22-14-23-20)21(26-19)24-16-6-8-17(9-7-16)27-10-12-28-13-11-27/h1-9,14H,10-13H2,(H2,22,23,24,25,26). The summed E-state index contributed by atoms with van der Waals surface area (Å²) in [5.74, 6) is 1.35. The van der Waals surface area contributed by atoms with Gasteiger partial charge < -0.3 is 19.9 Å². The van der Waals surface area contributed by atoms with Crippen molar-refractivity contribution in [3.05, 3.63) is 60.9 Å². The highest BCUT2D eigenvalue weighted by Crippen LogP contribution is 2.26. The van der Waals surface area contributed by atoms with Crippen molar-refractivity contribution < 1.29 is 4.74 Å². The summed E-state index contributed by atoms with van der Waals surface area (Å²) in [7, 11) is 0. The monoisotopic (exact) mass is 372 g/mol. The Morgan fingerprint density at radius 3 is 2.50 bits per heavy atom. The van der Waals surface area contributed by atoms with E-state index in [2.05, 4.69) is 49.4 Å². The van der Waals surface area contributed by atoms with Crippen LogP contribution in [0.3, 0.4) is 0 Å². The first-order chi connectivity index (χ1) is 13.9. The normalized spacial score (nSPS) is 14.4. The molecule has 140 valence electrons. The summed E-state index contributed by atoms with van der Waals surface area (Å²) in [5.41, 5.74) is 4.55. The molecule has 5 rings (SSSR count). The Labute approximate surface area is 162 Å². The maximum absolute atomic E-state index is 5.43. The minimum Gasteiger partial charge on any atom is -0.378 e. The van der Waals surface area contributed by atoms with E-state index in [4.69, 9.17) is 9.72 Å². The second-order valence-corrected chi connectivity index (χ2v) is 6.63. The molecule has 3 heterocycles. The molecular formula is C21H20N6O. The number of benzene rings is 2. The van der Waals surface area contributed by atoms with Gasteiger partial charge in [-0.1, -0.05) is 30.3 Å². The van der Waals surface area contributed by atoms with Crippen LogP contribution in [0.5, 0.6) is 0 Å². The van der Waals surface area contributed by atoms with Crippen LogP contribution in [0.4, 0.5) is 17.2 Å². The van der Waals surface area contributed by atoms with Crippen molar-refractivity contribution >= 4 is 28.4 Å². The van der Waals surface area contributed by atoms with Crippen molar-refractivity contribution in [2.24, 2.45) is 0 Å². The van der Waals surface area contributed by atoms with Crippen LogP contribution in [0.2, 0.25) is 0 Å². The van der Waals surface area contributed by atoms with Gasteiger partial charge in [-0.25, -0.2) is 15.0 Å². The molecule has 2 N–H and O–H groups in total. The Hall–Kier alpha value is -3.45. The molecule has 7 heteroatoms. The number of morpholine rings is 1. The van der Waals surface area contributed by atoms with Crippen molar-refractivity contribution in [3.63, 3.8) is 0 Å². The molecule has 1 aliphatic rings. The van der Waals surface area contributed by atoms with Gasteiger partial charge in [-0.05, 0) is 24.3 Å². The van der Waals surface area contributed by atoms with Crippen molar-refractivity contribution in [2.75, 3.05) is 36.5 Å². The summed E-state index contributed by atoms with van der Waals surface area (Å²) in [4.78, 5) is 19.1. The maximum atomic E-state index is 5.43. The molecule has 4 aromatic rings. The third-order valence-electron chi connectivity index (χ3n) is 4.82. The molecule has 1 fully saturated rings. The number of aromatic amines is 1. The Bertz CT molecular complexity index is 1070. The third-order valence-corrected chi connectivity index (χ3v) is 4.82. The number of ether oxygens (including phenoxy) is 1. The maximum Gasteiger partial charge on any atom is 0.183 e. The molecule has 0 atom stereocenters. The van der Waals surface area contributed by atoms with Gasteiger partial charge >= 0.3 is 0 Å². The average Bonchev–Trinajstić information content (AvgIpc) is 3.25. The Balaban J connectivity index is 1.45. The van der Waals surface area contributed by atoms with Crippen LogP contribution in [0.25, 0.3) is 22.6 Å². The van der Waals surface area contributed by atoms with Gasteiger partial charge in [0, 0.05) is 30.0 Å². The van der Waals surface area contributed by atoms with Gasteiger partial charge in [0.05, 0.1) is 19.5 Å². The van der Waals surface area contributed by atoms with E-state index in [0.29, 0.717) is 17.3 Å². The van der Waals surface area contributed by atoms with E-state index in [-0.39, 0.29) is 0 Å². The number of hydrogen-bond donors (Lipinski definition) is 2. The Kier molecular flexibility index (Phi) is 4.34. The summed E-state index contributed by atoms with van der Waals surface area (Å²) in [5, 5.41) is 3.41. The van der Waals surface area contributed by atoms with Gasteiger partial charge in [-0.2, -0.15) is 0 Å². The Morgan fingerprint density at radius 2 is 1.71 bits per heavy atom. The lowest BCUT2D eigenvalue weighted by Crippen LogP contribution is -2.36. The summed E-state index contributed by atoms with van der Waals surface area (Å²) in [6.45, 7) is 3.41. The van der Waals surface area contributed by atoms with Crippen LogP contribution in [-0.2, 0) is 4.74 Å². The second-order valence-electron chi connectivity index (χ2n) is 6.63. The average molecular weight is 372 g/mol. The minimum absolute atomic E-state index is 0.640. The van der Waals surface area contributed by atoms with E-state index in [9.17, 15) is 0 Å². The molecule has 1 aliphatic heterocycles. The summed E-state index contributed by atoms with van der Waals surface area (Å²) >= 11 is 0. The highest BCUT2D eigenvalue weighted by Gasteiger charge is 2.13. The molecule has 0 saturated carbocycles. The van der Waals surface area contributed by atoms with Crippen LogP contribution in [-0.4, -0.2) is 46.2 Å². The number of imidazole rings is 1.